The molecule has 5 rings (SSSR count). The molecule has 0 bridgehead atoms. The van der Waals surface area contributed by atoms with Crippen LogP contribution in [0.4, 0.5) is 4.39 Å². The van der Waals surface area contributed by atoms with E-state index in [2.05, 4.69) is 5.32 Å². The van der Waals surface area contributed by atoms with Gasteiger partial charge in [0, 0.05) is 19.0 Å². The quantitative estimate of drug-likeness (QED) is 0.742. The second-order valence-corrected chi connectivity index (χ2v) is 8.91. The van der Waals surface area contributed by atoms with Crippen molar-refractivity contribution in [3.63, 3.8) is 0 Å². The fourth-order valence-electron chi connectivity index (χ4n) is 4.30. The Bertz CT molecular complexity index is 1000. The Morgan fingerprint density at radius 1 is 1.10 bits per heavy atom. The molecule has 0 aromatic heterocycles. The SMILES string of the molecule is O=C(COc1ccc2c(c1)C(c1cccc(F)c1)N(C(=O)C1CC1)CC2)NCC1CC1. The summed E-state index contributed by atoms with van der Waals surface area (Å²) in [5, 5.41) is 2.90. The van der Waals surface area contributed by atoms with Crippen LogP contribution in [0, 0.1) is 17.7 Å². The third-order valence-electron chi connectivity index (χ3n) is 6.37. The van der Waals surface area contributed by atoms with Gasteiger partial charge in [0.1, 0.15) is 11.6 Å². The van der Waals surface area contributed by atoms with Gasteiger partial charge >= 0.3 is 0 Å². The Hall–Kier alpha value is -2.89. The standard InChI is InChI=1S/C25H27FN2O3/c26-20-3-1-2-19(12-20)24-22-13-21(31-15-23(29)27-14-16-4-5-16)9-8-17(22)10-11-28(24)25(30)18-6-7-18/h1-3,8-9,12-13,16,18,24H,4-7,10-11,14-15H2,(H,27,29). The Morgan fingerprint density at radius 2 is 1.94 bits per heavy atom. The molecule has 0 saturated heterocycles. The van der Waals surface area contributed by atoms with Gasteiger partial charge in [0.15, 0.2) is 6.61 Å². The highest BCUT2D eigenvalue weighted by atomic mass is 19.1. The highest BCUT2D eigenvalue weighted by Gasteiger charge is 2.39. The first kappa shape index (κ1) is 20.0. The van der Waals surface area contributed by atoms with E-state index in [1.165, 1.54) is 25.0 Å². The first-order chi connectivity index (χ1) is 15.1. The van der Waals surface area contributed by atoms with Crippen LogP contribution in [0.25, 0.3) is 0 Å². The molecule has 1 N–H and O–H groups in total. The number of fused-ring (bicyclic) bond motifs is 1. The minimum atomic E-state index is -0.347. The zero-order chi connectivity index (χ0) is 21.4. The molecule has 2 aliphatic carbocycles. The molecular weight excluding hydrogens is 395 g/mol. The molecule has 2 aromatic carbocycles. The third kappa shape index (κ3) is 4.58. The zero-order valence-corrected chi connectivity index (χ0v) is 17.5. The molecule has 1 aliphatic heterocycles. The number of carbonyl (C=O) groups excluding carboxylic acids is 2. The summed E-state index contributed by atoms with van der Waals surface area (Å²) in [6, 6.07) is 11.9. The maximum Gasteiger partial charge on any atom is 0.257 e. The van der Waals surface area contributed by atoms with E-state index in [9.17, 15) is 14.0 Å². The second-order valence-electron chi connectivity index (χ2n) is 8.91. The fraction of sp³-hybridized carbons (Fsp3) is 0.440. The van der Waals surface area contributed by atoms with Gasteiger partial charge in [-0.2, -0.15) is 0 Å². The first-order valence-electron chi connectivity index (χ1n) is 11.2. The summed E-state index contributed by atoms with van der Waals surface area (Å²) in [6.45, 7) is 1.29. The molecule has 0 spiro atoms. The highest BCUT2D eigenvalue weighted by Crippen LogP contribution is 2.41. The van der Waals surface area contributed by atoms with Crippen molar-refractivity contribution in [2.75, 3.05) is 19.7 Å². The molecule has 1 unspecified atom stereocenters. The van der Waals surface area contributed by atoms with Gasteiger partial charge in [-0.1, -0.05) is 18.2 Å². The van der Waals surface area contributed by atoms with Crippen LogP contribution in [0.3, 0.4) is 0 Å². The molecule has 2 aromatic rings. The van der Waals surface area contributed by atoms with Crippen LogP contribution in [0.5, 0.6) is 5.75 Å². The van der Waals surface area contributed by atoms with Crippen molar-refractivity contribution in [3.05, 3.63) is 65.0 Å². The number of halogens is 1. The predicted octanol–water partition coefficient (Wildman–Crippen LogP) is 3.61. The second kappa shape index (κ2) is 8.33. The van der Waals surface area contributed by atoms with Gasteiger partial charge in [0.2, 0.25) is 5.91 Å². The van der Waals surface area contributed by atoms with Crippen molar-refractivity contribution in [3.8, 4) is 5.75 Å². The number of hydrogen-bond donors (Lipinski definition) is 1. The maximum atomic E-state index is 14.0. The van der Waals surface area contributed by atoms with Gasteiger partial charge in [0.05, 0.1) is 6.04 Å². The number of hydrogen-bond acceptors (Lipinski definition) is 3. The lowest BCUT2D eigenvalue weighted by Gasteiger charge is -2.38. The molecule has 5 nitrogen and oxygen atoms in total. The number of rotatable bonds is 7. The van der Waals surface area contributed by atoms with E-state index < -0.39 is 0 Å². The number of ether oxygens (including phenoxy) is 1. The smallest absolute Gasteiger partial charge is 0.257 e. The van der Waals surface area contributed by atoms with Crippen LogP contribution >= 0.6 is 0 Å². The van der Waals surface area contributed by atoms with Crippen LogP contribution in [-0.4, -0.2) is 36.4 Å². The molecule has 2 fully saturated rings. The first-order valence-corrected chi connectivity index (χ1v) is 11.2. The highest BCUT2D eigenvalue weighted by molar-refractivity contribution is 5.82. The zero-order valence-electron chi connectivity index (χ0n) is 17.5. The molecule has 1 atom stereocenters. The maximum absolute atomic E-state index is 14.0. The van der Waals surface area contributed by atoms with Gasteiger partial charge in [-0.25, -0.2) is 4.39 Å². The largest absolute Gasteiger partial charge is 0.484 e. The van der Waals surface area contributed by atoms with Crippen molar-refractivity contribution >= 4 is 11.8 Å². The van der Waals surface area contributed by atoms with Crippen LogP contribution in [-0.2, 0) is 16.0 Å². The van der Waals surface area contributed by atoms with Gasteiger partial charge in [0.25, 0.3) is 5.91 Å². The van der Waals surface area contributed by atoms with Crippen molar-refractivity contribution in [2.45, 2.75) is 38.1 Å². The molecule has 2 amide bonds. The molecule has 1 heterocycles. The third-order valence-corrected chi connectivity index (χ3v) is 6.37. The van der Waals surface area contributed by atoms with E-state index in [0.29, 0.717) is 24.8 Å². The lowest BCUT2D eigenvalue weighted by molar-refractivity contribution is -0.134. The molecule has 2 saturated carbocycles. The molecule has 3 aliphatic rings. The summed E-state index contributed by atoms with van der Waals surface area (Å²) in [5.41, 5.74) is 2.83. The van der Waals surface area contributed by atoms with Gasteiger partial charge in [-0.05, 0) is 79.0 Å². The summed E-state index contributed by atoms with van der Waals surface area (Å²) in [4.78, 5) is 27.0. The summed E-state index contributed by atoms with van der Waals surface area (Å²) >= 11 is 0. The Kier molecular flexibility index (Phi) is 5.38. The van der Waals surface area contributed by atoms with Gasteiger partial charge in [-0.15, -0.1) is 0 Å². The minimum Gasteiger partial charge on any atom is -0.484 e. The fourth-order valence-corrected chi connectivity index (χ4v) is 4.30. The predicted molar refractivity (Wildman–Crippen MR) is 114 cm³/mol. The van der Waals surface area contributed by atoms with Crippen LogP contribution in [0.15, 0.2) is 42.5 Å². The lowest BCUT2D eigenvalue weighted by Crippen LogP contribution is -2.41. The normalized spacial score (nSPS) is 20.2. The number of nitrogens with one attached hydrogen (secondary N) is 1. The number of benzene rings is 2. The molecule has 162 valence electrons. The van der Waals surface area contributed by atoms with Crippen molar-refractivity contribution < 1.29 is 18.7 Å². The van der Waals surface area contributed by atoms with Crippen molar-refractivity contribution in [1.82, 2.24) is 10.2 Å². The van der Waals surface area contributed by atoms with Gasteiger partial charge in [-0.3, -0.25) is 9.59 Å². The molecule has 0 radical (unpaired) electrons. The van der Waals surface area contributed by atoms with Crippen LogP contribution in [0.2, 0.25) is 0 Å². The Labute approximate surface area is 181 Å². The summed E-state index contributed by atoms with van der Waals surface area (Å²) < 4.78 is 19.8. The Morgan fingerprint density at radius 3 is 2.68 bits per heavy atom. The number of carbonyl (C=O) groups is 2. The average molecular weight is 423 g/mol. The monoisotopic (exact) mass is 422 g/mol. The van der Waals surface area contributed by atoms with E-state index in [0.717, 1.165) is 36.0 Å². The van der Waals surface area contributed by atoms with E-state index in [4.69, 9.17) is 4.74 Å². The number of nitrogens with zero attached hydrogens (tertiary/aromatic N) is 1. The number of amides is 2. The van der Waals surface area contributed by atoms with Crippen molar-refractivity contribution in [2.24, 2.45) is 11.8 Å². The van der Waals surface area contributed by atoms with Gasteiger partial charge < -0.3 is 15.0 Å². The molecule has 31 heavy (non-hydrogen) atoms. The minimum absolute atomic E-state index is 0.0408. The lowest BCUT2D eigenvalue weighted by atomic mass is 9.87. The topological polar surface area (TPSA) is 58.6 Å². The van der Waals surface area contributed by atoms with E-state index in [1.54, 1.807) is 6.07 Å². The van der Waals surface area contributed by atoms with Crippen LogP contribution in [0.1, 0.15) is 48.4 Å². The van der Waals surface area contributed by atoms with E-state index in [-0.39, 0.29) is 36.2 Å². The molecule has 6 heteroatoms. The van der Waals surface area contributed by atoms with Crippen LogP contribution < -0.4 is 10.1 Å². The van der Waals surface area contributed by atoms with Crippen molar-refractivity contribution in [1.29, 1.82) is 0 Å². The average Bonchev–Trinajstić information content (AvgIpc) is 3.69. The molecular formula is C25H27FN2O3. The van der Waals surface area contributed by atoms with E-state index >= 15 is 0 Å². The summed E-state index contributed by atoms with van der Waals surface area (Å²) in [7, 11) is 0. The summed E-state index contributed by atoms with van der Waals surface area (Å²) in [5.74, 6) is 0.995. The summed E-state index contributed by atoms with van der Waals surface area (Å²) in [6.07, 6.45) is 4.98. The van der Waals surface area contributed by atoms with E-state index in [1.807, 2.05) is 29.2 Å². The Balaban J connectivity index is 1.39.